The Balaban J connectivity index is 1.75. The van der Waals surface area contributed by atoms with Crippen molar-refractivity contribution >= 4 is 0 Å². The van der Waals surface area contributed by atoms with Crippen molar-refractivity contribution in [3.8, 4) is 17.1 Å². The van der Waals surface area contributed by atoms with Crippen LogP contribution in [0.1, 0.15) is 18.4 Å². The van der Waals surface area contributed by atoms with Gasteiger partial charge in [-0.3, -0.25) is 0 Å². The van der Waals surface area contributed by atoms with Crippen LogP contribution in [-0.2, 0) is 13.0 Å². The zero-order valence-electron chi connectivity index (χ0n) is 13.3. The van der Waals surface area contributed by atoms with Gasteiger partial charge in [0.15, 0.2) is 6.61 Å². The van der Waals surface area contributed by atoms with Gasteiger partial charge in [-0.05, 0) is 43.2 Å². The third-order valence-electron chi connectivity index (χ3n) is 3.40. The number of benzene rings is 2. The summed E-state index contributed by atoms with van der Waals surface area (Å²) in [5.74, 6) is 0.777. The van der Waals surface area contributed by atoms with E-state index in [0.717, 1.165) is 5.56 Å². The maximum atomic E-state index is 14.1. The first-order chi connectivity index (χ1) is 11.6. The van der Waals surface area contributed by atoms with Gasteiger partial charge in [0.1, 0.15) is 11.6 Å². The van der Waals surface area contributed by atoms with Crippen LogP contribution in [0.15, 0.2) is 53.1 Å². The van der Waals surface area contributed by atoms with Crippen LogP contribution in [0.4, 0.5) is 4.39 Å². The lowest BCUT2D eigenvalue weighted by molar-refractivity contribution is 0.243. The highest BCUT2D eigenvalue weighted by atomic mass is 19.1. The van der Waals surface area contributed by atoms with Crippen molar-refractivity contribution in [1.29, 1.82) is 0 Å². The van der Waals surface area contributed by atoms with Gasteiger partial charge in [0.05, 0.1) is 5.56 Å². The quantitative estimate of drug-likeness (QED) is 0.751. The SMILES string of the molecule is CC(N)Cc1ccc(F)c(-c2noc(COc3ccccc3)n2)c1. The molecule has 24 heavy (non-hydrogen) atoms. The van der Waals surface area contributed by atoms with E-state index in [2.05, 4.69) is 10.1 Å². The number of rotatable bonds is 6. The molecule has 6 heteroatoms. The predicted molar refractivity (Wildman–Crippen MR) is 87.8 cm³/mol. The van der Waals surface area contributed by atoms with E-state index in [1.165, 1.54) is 6.07 Å². The van der Waals surface area contributed by atoms with Crippen molar-refractivity contribution in [1.82, 2.24) is 10.1 Å². The van der Waals surface area contributed by atoms with Crippen molar-refractivity contribution in [3.63, 3.8) is 0 Å². The fourth-order valence-electron chi connectivity index (χ4n) is 2.33. The van der Waals surface area contributed by atoms with Crippen molar-refractivity contribution in [2.45, 2.75) is 26.0 Å². The van der Waals surface area contributed by atoms with E-state index in [-0.39, 0.29) is 24.4 Å². The van der Waals surface area contributed by atoms with E-state index in [4.69, 9.17) is 15.0 Å². The Bertz CT molecular complexity index is 803. The van der Waals surface area contributed by atoms with Gasteiger partial charge in [-0.1, -0.05) is 29.4 Å². The first-order valence-corrected chi connectivity index (χ1v) is 7.66. The lowest BCUT2D eigenvalue weighted by Crippen LogP contribution is -2.17. The van der Waals surface area contributed by atoms with E-state index in [1.54, 1.807) is 12.1 Å². The summed E-state index contributed by atoms with van der Waals surface area (Å²) in [6, 6.07) is 14.1. The summed E-state index contributed by atoms with van der Waals surface area (Å²) in [6.45, 7) is 2.02. The normalized spacial score (nSPS) is 12.1. The Labute approximate surface area is 139 Å². The van der Waals surface area contributed by atoms with Crippen LogP contribution in [0.5, 0.6) is 5.75 Å². The van der Waals surface area contributed by atoms with Crippen LogP contribution < -0.4 is 10.5 Å². The van der Waals surface area contributed by atoms with Crippen LogP contribution in [0.25, 0.3) is 11.4 Å². The molecule has 0 aliphatic rings. The van der Waals surface area contributed by atoms with Crippen molar-refractivity contribution < 1.29 is 13.7 Å². The van der Waals surface area contributed by atoms with E-state index >= 15 is 0 Å². The minimum Gasteiger partial charge on any atom is -0.484 e. The molecular weight excluding hydrogens is 309 g/mol. The van der Waals surface area contributed by atoms with Crippen LogP contribution in [0.3, 0.4) is 0 Å². The molecule has 1 atom stereocenters. The molecule has 1 unspecified atom stereocenters. The van der Waals surface area contributed by atoms with E-state index < -0.39 is 5.82 Å². The summed E-state index contributed by atoms with van der Waals surface area (Å²) >= 11 is 0. The molecule has 0 aliphatic carbocycles. The number of ether oxygens (including phenoxy) is 1. The van der Waals surface area contributed by atoms with Gasteiger partial charge in [-0.25, -0.2) is 4.39 Å². The molecule has 0 saturated carbocycles. The summed E-state index contributed by atoms with van der Waals surface area (Å²) in [4.78, 5) is 4.20. The van der Waals surface area contributed by atoms with E-state index in [9.17, 15) is 4.39 Å². The molecule has 1 heterocycles. The Hall–Kier alpha value is -2.73. The molecule has 0 spiro atoms. The molecule has 0 amide bonds. The molecule has 2 aromatic carbocycles. The van der Waals surface area contributed by atoms with Crippen molar-refractivity contribution in [2.75, 3.05) is 0 Å². The highest BCUT2D eigenvalue weighted by molar-refractivity contribution is 5.56. The molecular formula is C18H18FN3O2. The molecule has 0 bridgehead atoms. The topological polar surface area (TPSA) is 74.2 Å². The smallest absolute Gasteiger partial charge is 0.264 e. The molecule has 0 radical (unpaired) electrons. The molecule has 5 nitrogen and oxygen atoms in total. The van der Waals surface area contributed by atoms with Gasteiger partial charge in [0.2, 0.25) is 5.82 Å². The Kier molecular flexibility index (Phi) is 4.86. The summed E-state index contributed by atoms with van der Waals surface area (Å²) in [6.07, 6.45) is 0.648. The Morgan fingerprint density at radius 2 is 2.00 bits per heavy atom. The van der Waals surface area contributed by atoms with Crippen LogP contribution in [-0.4, -0.2) is 16.2 Å². The van der Waals surface area contributed by atoms with Crippen molar-refractivity contribution in [2.24, 2.45) is 5.73 Å². The molecule has 3 aromatic rings. The number of nitrogens with zero attached hydrogens (tertiary/aromatic N) is 2. The largest absolute Gasteiger partial charge is 0.484 e. The van der Waals surface area contributed by atoms with E-state index in [1.807, 2.05) is 37.3 Å². The first-order valence-electron chi connectivity index (χ1n) is 7.66. The summed E-state index contributed by atoms with van der Waals surface area (Å²) in [5, 5.41) is 3.84. The molecule has 3 rings (SSSR count). The first kappa shape index (κ1) is 16.1. The lowest BCUT2D eigenvalue weighted by Gasteiger charge is -2.06. The second kappa shape index (κ2) is 7.23. The van der Waals surface area contributed by atoms with Gasteiger partial charge in [0, 0.05) is 6.04 Å². The third kappa shape index (κ3) is 3.97. The zero-order chi connectivity index (χ0) is 16.9. The fraction of sp³-hybridized carbons (Fsp3) is 0.222. The van der Waals surface area contributed by atoms with Gasteiger partial charge >= 0.3 is 0 Å². The fourth-order valence-corrected chi connectivity index (χ4v) is 2.33. The number of hydrogen-bond donors (Lipinski definition) is 1. The maximum absolute atomic E-state index is 14.1. The Morgan fingerprint density at radius 3 is 2.75 bits per heavy atom. The average Bonchev–Trinajstić information content (AvgIpc) is 3.04. The highest BCUT2D eigenvalue weighted by Gasteiger charge is 2.14. The van der Waals surface area contributed by atoms with Crippen LogP contribution >= 0.6 is 0 Å². The van der Waals surface area contributed by atoms with Gasteiger partial charge < -0.3 is 15.0 Å². The van der Waals surface area contributed by atoms with Crippen LogP contribution in [0, 0.1) is 5.82 Å². The number of aromatic nitrogens is 2. The minimum atomic E-state index is -0.403. The number of halogens is 1. The minimum absolute atomic E-state index is 0.0107. The molecule has 0 aliphatic heterocycles. The second-order valence-corrected chi connectivity index (χ2v) is 5.61. The molecule has 0 saturated heterocycles. The number of nitrogens with two attached hydrogens (primary N) is 1. The van der Waals surface area contributed by atoms with Gasteiger partial charge in [-0.2, -0.15) is 4.98 Å². The maximum Gasteiger partial charge on any atom is 0.264 e. The number of para-hydroxylation sites is 1. The summed E-state index contributed by atoms with van der Waals surface area (Å²) in [7, 11) is 0. The van der Waals surface area contributed by atoms with E-state index in [0.29, 0.717) is 17.7 Å². The zero-order valence-corrected chi connectivity index (χ0v) is 13.3. The third-order valence-corrected chi connectivity index (χ3v) is 3.40. The predicted octanol–water partition coefficient (Wildman–Crippen LogP) is 3.34. The number of hydrogen-bond acceptors (Lipinski definition) is 5. The van der Waals surface area contributed by atoms with Crippen LogP contribution in [0.2, 0.25) is 0 Å². The Morgan fingerprint density at radius 1 is 1.21 bits per heavy atom. The van der Waals surface area contributed by atoms with Crippen molar-refractivity contribution in [3.05, 3.63) is 65.8 Å². The highest BCUT2D eigenvalue weighted by Crippen LogP contribution is 2.22. The molecule has 2 N–H and O–H groups in total. The van der Waals surface area contributed by atoms with Gasteiger partial charge in [0.25, 0.3) is 5.89 Å². The average molecular weight is 327 g/mol. The lowest BCUT2D eigenvalue weighted by atomic mass is 10.0. The second-order valence-electron chi connectivity index (χ2n) is 5.61. The molecule has 1 aromatic heterocycles. The molecule has 124 valence electrons. The summed E-state index contributed by atoms with van der Waals surface area (Å²) in [5.41, 5.74) is 7.01. The summed E-state index contributed by atoms with van der Waals surface area (Å²) < 4.78 is 24.7. The standard InChI is InChI=1S/C18H18FN3O2/c1-12(20)9-13-7-8-16(19)15(10-13)18-21-17(24-22-18)11-23-14-5-3-2-4-6-14/h2-8,10,12H,9,11,20H2,1H3. The monoisotopic (exact) mass is 327 g/mol. The molecule has 0 fully saturated rings. The van der Waals surface area contributed by atoms with Gasteiger partial charge in [-0.15, -0.1) is 0 Å².